The van der Waals surface area contributed by atoms with Crippen molar-refractivity contribution in [2.24, 2.45) is 5.16 Å². The van der Waals surface area contributed by atoms with Crippen LogP contribution in [0.3, 0.4) is 0 Å². The summed E-state index contributed by atoms with van der Waals surface area (Å²) in [5.74, 6) is -0.897. The van der Waals surface area contributed by atoms with Crippen molar-refractivity contribution in [3.05, 3.63) is 18.0 Å². The van der Waals surface area contributed by atoms with Crippen molar-refractivity contribution in [1.29, 1.82) is 0 Å². The van der Waals surface area contributed by atoms with Crippen LogP contribution in [0.5, 0.6) is 0 Å². The zero-order valence-electron chi connectivity index (χ0n) is 18.6. The number of unbranched alkanes of at least 4 members (excludes halogenated alkanes) is 1. The van der Waals surface area contributed by atoms with Crippen LogP contribution in [0, 0.1) is 0 Å². The Morgan fingerprint density at radius 1 is 1.31 bits per heavy atom. The van der Waals surface area contributed by atoms with Gasteiger partial charge >= 0.3 is 12.1 Å². The molecule has 1 aromatic heterocycles. The van der Waals surface area contributed by atoms with Crippen LogP contribution in [0.2, 0.25) is 0 Å². The van der Waals surface area contributed by atoms with Crippen molar-refractivity contribution in [3.8, 4) is 0 Å². The summed E-state index contributed by atoms with van der Waals surface area (Å²) in [6, 6.07) is 1.76. The number of carbonyl (C=O) groups is 3. The van der Waals surface area contributed by atoms with E-state index in [2.05, 4.69) is 22.3 Å². The highest BCUT2D eigenvalue weighted by Crippen LogP contribution is 2.26. The number of likely N-dealkylation sites (tertiary alicyclic amines) is 1. The fourth-order valence-corrected chi connectivity index (χ4v) is 4.02. The number of oxime groups is 1. The standard InChI is InChI=1S/C21H31N5O6/c1-3-5-6-16-13-31-21(29)26(16)15-8-11-25(12-9-15)20(28)19(17-7-10-22-23-17)24-32-14-18(27)30-4-2/h7,10,15-16H,3-6,8-9,11-14H2,1-2H3,(H,22,23)/b24-19+. The van der Waals surface area contributed by atoms with Crippen LogP contribution in [-0.2, 0) is 23.9 Å². The van der Waals surface area contributed by atoms with Gasteiger partial charge < -0.3 is 19.2 Å². The van der Waals surface area contributed by atoms with Gasteiger partial charge in [-0.1, -0.05) is 24.9 Å². The van der Waals surface area contributed by atoms with Gasteiger partial charge in [-0.2, -0.15) is 5.10 Å². The van der Waals surface area contributed by atoms with Gasteiger partial charge in [-0.3, -0.25) is 14.8 Å². The van der Waals surface area contributed by atoms with E-state index in [1.165, 1.54) is 6.20 Å². The second-order valence-corrected chi connectivity index (χ2v) is 7.79. The third-order valence-electron chi connectivity index (χ3n) is 5.64. The van der Waals surface area contributed by atoms with Crippen molar-refractivity contribution in [2.45, 2.75) is 58.0 Å². The van der Waals surface area contributed by atoms with Crippen molar-refractivity contribution in [3.63, 3.8) is 0 Å². The highest BCUT2D eigenvalue weighted by atomic mass is 16.7. The van der Waals surface area contributed by atoms with Gasteiger partial charge in [-0.25, -0.2) is 9.59 Å². The lowest BCUT2D eigenvalue weighted by Gasteiger charge is -2.37. The molecule has 0 aliphatic carbocycles. The number of hydrogen-bond donors (Lipinski definition) is 1. The lowest BCUT2D eigenvalue weighted by Crippen LogP contribution is -2.51. The number of H-pyrrole nitrogens is 1. The summed E-state index contributed by atoms with van der Waals surface area (Å²) in [7, 11) is 0. The Bertz CT molecular complexity index is 804. The van der Waals surface area contributed by atoms with Crippen LogP contribution in [0.1, 0.15) is 51.6 Å². The SMILES string of the molecule is CCCCC1COC(=O)N1C1CCN(C(=O)/C(=N/OCC(=O)OCC)c2ccn[nH]2)CC1. The number of nitrogens with one attached hydrogen (secondary N) is 1. The summed E-state index contributed by atoms with van der Waals surface area (Å²) in [5, 5.41) is 10.5. The lowest BCUT2D eigenvalue weighted by atomic mass is 9.99. The molecule has 0 radical (unpaired) electrons. The molecular formula is C21H31N5O6. The first kappa shape index (κ1) is 23.6. The first-order chi connectivity index (χ1) is 15.5. The average Bonchev–Trinajstić information content (AvgIpc) is 3.45. The lowest BCUT2D eigenvalue weighted by molar-refractivity contribution is -0.148. The Morgan fingerprint density at radius 3 is 2.75 bits per heavy atom. The number of cyclic esters (lactones) is 1. The molecule has 2 fully saturated rings. The summed E-state index contributed by atoms with van der Waals surface area (Å²) < 4.78 is 10.1. The molecule has 1 N–H and O–H groups in total. The van der Waals surface area contributed by atoms with Gasteiger partial charge in [0.05, 0.1) is 18.3 Å². The van der Waals surface area contributed by atoms with Crippen molar-refractivity contribution >= 4 is 23.7 Å². The van der Waals surface area contributed by atoms with Crippen LogP contribution in [0.15, 0.2) is 17.4 Å². The molecule has 2 amide bonds. The zero-order chi connectivity index (χ0) is 22.9. The van der Waals surface area contributed by atoms with Gasteiger partial charge in [0.15, 0.2) is 5.71 Å². The number of aromatic nitrogens is 2. The molecule has 2 saturated heterocycles. The molecule has 2 aliphatic heterocycles. The molecular weight excluding hydrogens is 418 g/mol. The number of nitrogens with zero attached hydrogens (tertiary/aromatic N) is 4. The minimum Gasteiger partial charge on any atom is -0.463 e. The minimum absolute atomic E-state index is 0.0339. The number of rotatable bonds is 10. The Morgan fingerprint density at radius 2 is 2.09 bits per heavy atom. The second-order valence-electron chi connectivity index (χ2n) is 7.79. The molecule has 1 atom stereocenters. The summed E-state index contributed by atoms with van der Waals surface area (Å²) >= 11 is 0. The molecule has 0 spiro atoms. The summed E-state index contributed by atoms with van der Waals surface area (Å²) in [6.07, 6.45) is 5.60. The van der Waals surface area contributed by atoms with Gasteiger partial charge in [0, 0.05) is 25.3 Å². The van der Waals surface area contributed by atoms with Crippen LogP contribution in [0.4, 0.5) is 4.79 Å². The maximum absolute atomic E-state index is 13.1. The van der Waals surface area contributed by atoms with E-state index in [-0.39, 0.29) is 36.4 Å². The quantitative estimate of drug-likeness (QED) is 0.327. The van der Waals surface area contributed by atoms with Crippen molar-refractivity contribution in [1.82, 2.24) is 20.0 Å². The van der Waals surface area contributed by atoms with E-state index in [9.17, 15) is 14.4 Å². The van der Waals surface area contributed by atoms with Crippen molar-refractivity contribution < 1.29 is 28.7 Å². The first-order valence-corrected chi connectivity index (χ1v) is 11.1. The molecule has 3 heterocycles. The van der Waals surface area contributed by atoms with Crippen LogP contribution in [-0.4, -0.2) is 88.7 Å². The van der Waals surface area contributed by atoms with Gasteiger partial charge in [-0.05, 0) is 32.3 Å². The monoisotopic (exact) mass is 449 g/mol. The van der Waals surface area contributed by atoms with Crippen molar-refractivity contribution in [2.75, 3.05) is 32.9 Å². The number of ether oxygens (including phenoxy) is 2. The molecule has 176 valence electrons. The maximum atomic E-state index is 13.1. The molecule has 0 bridgehead atoms. The molecule has 3 rings (SSSR count). The number of hydrogen-bond acceptors (Lipinski definition) is 8. The largest absolute Gasteiger partial charge is 0.463 e. The number of piperidine rings is 1. The Hall–Kier alpha value is -3.11. The summed E-state index contributed by atoms with van der Waals surface area (Å²) in [5.41, 5.74) is 0.426. The molecule has 11 heteroatoms. The third-order valence-corrected chi connectivity index (χ3v) is 5.64. The molecule has 32 heavy (non-hydrogen) atoms. The summed E-state index contributed by atoms with van der Waals surface area (Å²) in [4.78, 5) is 45.5. The molecule has 1 unspecified atom stereocenters. The Labute approximate surface area is 187 Å². The molecule has 0 saturated carbocycles. The third kappa shape index (κ3) is 5.77. The predicted molar refractivity (Wildman–Crippen MR) is 114 cm³/mol. The number of aromatic amines is 1. The Balaban J connectivity index is 1.61. The van der Waals surface area contributed by atoms with Crippen LogP contribution in [0.25, 0.3) is 0 Å². The fourth-order valence-electron chi connectivity index (χ4n) is 4.02. The van der Waals surface area contributed by atoms with E-state index in [4.69, 9.17) is 14.3 Å². The zero-order valence-corrected chi connectivity index (χ0v) is 18.6. The van der Waals surface area contributed by atoms with E-state index < -0.39 is 12.6 Å². The van der Waals surface area contributed by atoms with Gasteiger partial charge in [-0.15, -0.1) is 0 Å². The smallest absolute Gasteiger partial charge is 0.410 e. The van der Waals surface area contributed by atoms with E-state index in [0.29, 0.717) is 38.2 Å². The average molecular weight is 450 g/mol. The summed E-state index contributed by atoms with van der Waals surface area (Å²) in [6.45, 7) is 5.04. The maximum Gasteiger partial charge on any atom is 0.410 e. The minimum atomic E-state index is -0.566. The van der Waals surface area contributed by atoms with Gasteiger partial charge in [0.2, 0.25) is 6.61 Å². The number of carbonyl (C=O) groups excluding carboxylic acids is 3. The predicted octanol–water partition coefficient (Wildman–Crippen LogP) is 1.70. The number of esters is 1. The highest BCUT2D eigenvalue weighted by molar-refractivity contribution is 6.44. The van der Waals surface area contributed by atoms with Crippen LogP contribution >= 0.6 is 0 Å². The highest BCUT2D eigenvalue weighted by Gasteiger charge is 2.40. The number of amides is 2. The fraction of sp³-hybridized carbons (Fsp3) is 0.667. The topological polar surface area (TPSA) is 126 Å². The normalized spacial score (nSPS) is 19.8. The molecule has 1 aromatic rings. The van der Waals surface area contributed by atoms with E-state index >= 15 is 0 Å². The first-order valence-electron chi connectivity index (χ1n) is 11.1. The van der Waals surface area contributed by atoms with E-state index in [1.54, 1.807) is 17.9 Å². The molecule has 11 nitrogen and oxygen atoms in total. The molecule has 2 aliphatic rings. The van der Waals surface area contributed by atoms with E-state index in [0.717, 1.165) is 19.3 Å². The molecule has 0 aromatic carbocycles. The van der Waals surface area contributed by atoms with Crippen LogP contribution < -0.4 is 0 Å². The Kier molecular flexibility index (Phi) is 8.46. The van der Waals surface area contributed by atoms with E-state index in [1.807, 2.05) is 4.90 Å². The van der Waals surface area contributed by atoms with Gasteiger partial charge in [0.1, 0.15) is 6.61 Å². The second kappa shape index (κ2) is 11.5. The van der Waals surface area contributed by atoms with Gasteiger partial charge in [0.25, 0.3) is 5.91 Å².